The molecule has 8 heteroatoms. The molecule has 1 unspecified atom stereocenters. The summed E-state index contributed by atoms with van der Waals surface area (Å²) in [7, 11) is 3.46. The van der Waals surface area contributed by atoms with E-state index in [4.69, 9.17) is 0 Å². The van der Waals surface area contributed by atoms with Gasteiger partial charge in [-0.2, -0.15) is 5.10 Å². The molecule has 1 amide bonds. The van der Waals surface area contributed by atoms with Crippen LogP contribution in [0.4, 0.5) is 4.39 Å². The summed E-state index contributed by atoms with van der Waals surface area (Å²) in [4.78, 5) is 18.3. The molecule has 1 heterocycles. The van der Waals surface area contributed by atoms with Crippen LogP contribution in [0.2, 0.25) is 0 Å². The zero-order valence-electron chi connectivity index (χ0n) is 19.0. The topological polar surface area (TPSA) is 74.5 Å². The number of aryl methyl sites for hydroxylation is 1. The average Bonchev–Trinajstić information content (AvgIpc) is 3.30. The maximum atomic E-state index is 13.2. The highest BCUT2D eigenvalue weighted by Crippen LogP contribution is 2.21. The van der Waals surface area contributed by atoms with Gasteiger partial charge in [-0.15, -0.1) is 0 Å². The van der Waals surface area contributed by atoms with E-state index in [1.807, 2.05) is 12.3 Å². The summed E-state index contributed by atoms with van der Waals surface area (Å²) in [5.74, 6) is 0.278. The van der Waals surface area contributed by atoms with Crippen molar-refractivity contribution in [1.82, 2.24) is 25.3 Å². The van der Waals surface area contributed by atoms with Crippen molar-refractivity contribution in [1.29, 1.82) is 0 Å². The van der Waals surface area contributed by atoms with Crippen molar-refractivity contribution in [3.8, 4) is 5.69 Å². The molecule has 0 spiro atoms. The van der Waals surface area contributed by atoms with Gasteiger partial charge in [0.2, 0.25) is 5.91 Å². The summed E-state index contributed by atoms with van der Waals surface area (Å²) in [6.07, 6.45) is 4.75. The molecule has 3 aromatic rings. The Labute approximate surface area is 193 Å². The van der Waals surface area contributed by atoms with Crippen LogP contribution in [0.1, 0.15) is 23.2 Å². The Balaban J connectivity index is 1.45. The summed E-state index contributed by atoms with van der Waals surface area (Å²) in [6.45, 7) is 0.509. The van der Waals surface area contributed by atoms with Crippen molar-refractivity contribution < 1.29 is 9.18 Å². The molecule has 0 saturated carbocycles. The lowest BCUT2D eigenvalue weighted by Crippen LogP contribution is -2.48. The normalized spacial score (nSPS) is 15.6. The fourth-order valence-corrected chi connectivity index (χ4v) is 3.83. The highest BCUT2D eigenvalue weighted by molar-refractivity contribution is 5.86. The first-order chi connectivity index (χ1) is 16.0. The van der Waals surface area contributed by atoms with Crippen LogP contribution < -0.4 is 10.6 Å². The molecule has 1 aliphatic carbocycles. The average molecular weight is 449 g/mol. The first-order valence-corrected chi connectivity index (χ1v) is 11.1. The second-order valence-corrected chi connectivity index (χ2v) is 8.39. The van der Waals surface area contributed by atoms with Gasteiger partial charge in [0.25, 0.3) is 0 Å². The molecule has 0 fully saturated rings. The van der Waals surface area contributed by atoms with E-state index in [0.29, 0.717) is 12.5 Å². The monoisotopic (exact) mass is 448 g/mol. The first kappa shape index (κ1) is 22.5. The first-order valence-electron chi connectivity index (χ1n) is 11.1. The molecule has 1 aromatic heterocycles. The fraction of sp³-hybridized carbons (Fsp3) is 0.320. The number of rotatable bonds is 6. The molecule has 172 valence electrons. The molecule has 33 heavy (non-hydrogen) atoms. The number of amides is 1. The van der Waals surface area contributed by atoms with Crippen molar-refractivity contribution in [3.63, 3.8) is 0 Å². The summed E-state index contributed by atoms with van der Waals surface area (Å²) in [6, 6.07) is 16.8. The number of likely N-dealkylation sites (N-methyl/N-ethyl adjacent to an activating group) is 1. The third kappa shape index (κ3) is 5.97. The number of carbonyl (C=O) groups is 1. The van der Waals surface area contributed by atoms with Crippen LogP contribution >= 0.6 is 0 Å². The molecule has 1 aliphatic rings. The van der Waals surface area contributed by atoms with Gasteiger partial charge in [-0.05, 0) is 60.7 Å². The quantitative estimate of drug-likeness (QED) is 0.449. The summed E-state index contributed by atoms with van der Waals surface area (Å²) >= 11 is 0. The van der Waals surface area contributed by atoms with Crippen LogP contribution in [0.25, 0.3) is 5.69 Å². The number of halogens is 1. The van der Waals surface area contributed by atoms with E-state index in [-0.39, 0.29) is 24.3 Å². The maximum absolute atomic E-state index is 13.2. The highest BCUT2D eigenvalue weighted by Gasteiger charge is 2.19. The van der Waals surface area contributed by atoms with E-state index < -0.39 is 0 Å². The predicted molar refractivity (Wildman–Crippen MR) is 127 cm³/mol. The van der Waals surface area contributed by atoms with Gasteiger partial charge in [0, 0.05) is 26.3 Å². The molecule has 0 aliphatic heterocycles. The van der Waals surface area contributed by atoms with E-state index in [9.17, 15) is 9.18 Å². The number of hydrogen-bond donors (Lipinski definition) is 2. The van der Waals surface area contributed by atoms with Crippen LogP contribution in [0.5, 0.6) is 0 Å². The van der Waals surface area contributed by atoms with Crippen molar-refractivity contribution in [2.24, 2.45) is 4.99 Å². The number of nitrogens with zero attached hydrogens (tertiary/aromatic N) is 4. The largest absolute Gasteiger partial charge is 0.353 e. The molecule has 2 N–H and O–H groups in total. The number of hydrogen-bond acceptors (Lipinski definition) is 3. The highest BCUT2D eigenvalue weighted by atomic mass is 19.1. The molecule has 1 atom stereocenters. The molecule has 0 radical (unpaired) electrons. The molecule has 7 nitrogen and oxygen atoms in total. The Kier molecular flexibility index (Phi) is 7.02. The van der Waals surface area contributed by atoms with Crippen LogP contribution in [0.15, 0.2) is 65.8 Å². The standard InChI is InChI=1S/C25H29FN6O/c1-31(2)24(33)17-28-25(29-21-10-7-18-5-3-4-6-19(18)15-21)27-16-22-13-14-32(30-22)23-11-8-20(26)9-12-23/h3-6,8-9,11-14,21H,7,10,15-17H2,1-2H3,(H2,27,28,29). The van der Waals surface area contributed by atoms with E-state index in [1.165, 1.54) is 23.3 Å². The Hall–Kier alpha value is -3.68. The number of fused-ring (bicyclic) bond motifs is 1. The fourth-order valence-electron chi connectivity index (χ4n) is 3.83. The van der Waals surface area contributed by atoms with Gasteiger partial charge < -0.3 is 15.5 Å². The number of nitrogens with one attached hydrogen (secondary N) is 2. The lowest BCUT2D eigenvalue weighted by molar-refractivity contribution is -0.127. The summed E-state index contributed by atoms with van der Waals surface area (Å²) in [5, 5.41) is 11.2. The SMILES string of the molecule is CN(C)C(=O)CNC(=NCc1ccn(-c2ccc(F)cc2)n1)NC1CCc2ccccc2C1. The second-order valence-electron chi connectivity index (χ2n) is 8.39. The minimum atomic E-state index is -0.282. The van der Waals surface area contributed by atoms with E-state index in [0.717, 1.165) is 30.6 Å². The number of benzene rings is 2. The number of aliphatic imine (C=N–C) groups is 1. The zero-order valence-corrected chi connectivity index (χ0v) is 19.0. The summed E-state index contributed by atoms with van der Waals surface area (Å²) < 4.78 is 14.9. The Bertz CT molecular complexity index is 1120. The minimum absolute atomic E-state index is 0.0286. The van der Waals surface area contributed by atoms with Crippen LogP contribution in [0, 0.1) is 5.82 Å². The molecular weight excluding hydrogens is 419 g/mol. The predicted octanol–water partition coefficient (Wildman–Crippen LogP) is 2.69. The molecule has 0 bridgehead atoms. The van der Waals surface area contributed by atoms with Gasteiger partial charge in [0.05, 0.1) is 24.5 Å². The molecular formula is C25H29FN6O. The van der Waals surface area contributed by atoms with Crippen molar-refractivity contribution in [2.45, 2.75) is 31.8 Å². The molecule has 4 rings (SSSR count). The minimum Gasteiger partial charge on any atom is -0.353 e. The smallest absolute Gasteiger partial charge is 0.241 e. The Morgan fingerprint density at radius 3 is 2.67 bits per heavy atom. The van der Waals surface area contributed by atoms with Crippen LogP contribution in [-0.4, -0.2) is 53.2 Å². The number of carbonyl (C=O) groups excluding carboxylic acids is 1. The van der Waals surface area contributed by atoms with E-state index >= 15 is 0 Å². The lowest BCUT2D eigenvalue weighted by Gasteiger charge is -2.27. The van der Waals surface area contributed by atoms with E-state index in [1.54, 1.807) is 35.8 Å². The third-order valence-corrected chi connectivity index (χ3v) is 5.73. The van der Waals surface area contributed by atoms with Gasteiger partial charge in [-0.3, -0.25) is 4.79 Å². The Morgan fingerprint density at radius 2 is 1.91 bits per heavy atom. The number of aromatic nitrogens is 2. The lowest BCUT2D eigenvalue weighted by atomic mass is 9.88. The maximum Gasteiger partial charge on any atom is 0.241 e. The Morgan fingerprint density at radius 1 is 1.15 bits per heavy atom. The van der Waals surface area contributed by atoms with Crippen molar-refractivity contribution in [3.05, 3.63) is 83.4 Å². The van der Waals surface area contributed by atoms with E-state index in [2.05, 4.69) is 45.0 Å². The third-order valence-electron chi connectivity index (χ3n) is 5.73. The van der Waals surface area contributed by atoms with Crippen molar-refractivity contribution in [2.75, 3.05) is 20.6 Å². The zero-order chi connectivity index (χ0) is 23.2. The summed E-state index contributed by atoms with van der Waals surface area (Å²) in [5.41, 5.74) is 4.30. The van der Waals surface area contributed by atoms with Gasteiger partial charge in [0.1, 0.15) is 5.82 Å². The van der Waals surface area contributed by atoms with Gasteiger partial charge in [-0.25, -0.2) is 14.1 Å². The van der Waals surface area contributed by atoms with Gasteiger partial charge >= 0.3 is 0 Å². The second kappa shape index (κ2) is 10.3. The van der Waals surface area contributed by atoms with Gasteiger partial charge in [0.15, 0.2) is 5.96 Å². The molecule has 2 aromatic carbocycles. The van der Waals surface area contributed by atoms with Gasteiger partial charge in [-0.1, -0.05) is 24.3 Å². The van der Waals surface area contributed by atoms with Crippen LogP contribution in [-0.2, 0) is 24.2 Å². The van der Waals surface area contributed by atoms with Crippen molar-refractivity contribution >= 4 is 11.9 Å². The number of guanidine groups is 1. The molecule has 0 saturated heterocycles. The van der Waals surface area contributed by atoms with Crippen LogP contribution in [0.3, 0.4) is 0 Å².